The van der Waals surface area contributed by atoms with Gasteiger partial charge in [-0.2, -0.15) is 0 Å². The Morgan fingerprint density at radius 2 is 2.60 bits per heavy atom. The van der Waals surface area contributed by atoms with Gasteiger partial charge in [-0.15, -0.1) is 0 Å². The first-order valence-electron chi connectivity index (χ1n) is 3.95. The van der Waals surface area contributed by atoms with Crippen molar-refractivity contribution in [2.75, 3.05) is 0 Å². The fourth-order valence-corrected chi connectivity index (χ4v) is 1.51. The Morgan fingerprint density at radius 3 is 3.20 bits per heavy atom. The standard InChI is InChI=1S/C9H14O/c1-8-4-2-3-5-9(8)6-7-10/h4,7,9H,2-3,5-6H2,1H3. The van der Waals surface area contributed by atoms with Crippen LogP contribution in [0.25, 0.3) is 0 Å². The Morgan fingerprint density at radius 1 is 1.80 bits per heavy atom. The molecule has 1 heteroatoms. The Hall–Kier alpha value is -0.590. The zero-order valence-electron chi connectivity index (χ0n) is 6.47. The van der Waals surface area contributed by atoms with Crippen molar-refractivity contribution in [1.82, 2.24) is 0 Å². The summed E-state index contributed by atoms with van der Waals surface area (Å²) in [6, 6.07) is 0. The molecule has 0 fully saturated rings. The van der Waals surface area contributed by atoms with Crippen LogP contribution < -0.4 is 0 Å². The smallest absolute Gasteiger partial charge is 0.120 e. The second-order valence-corrected chi connectivity index (χ2v) is 2.98. The molecule has 1 aliphatic rings. The minimum Gasteiger partial charge on any atom is -0.303 e. The Bertz CT molecular complexity index is 147. The summed E-state index contributed by atoms with van der Waals surface area (Å²) in [6.45, 7) is 2.13. The first-order valence-corrected chi connectivity index (χ1v) is 3.95. The van der Waals surface area contributed by atoms with Crippen LogP contribution >= 0.6 is 0 Å². The lowest BCUT2D eigenvalue weighted by Gasteiger charge is -2.18. The summed E-state index contributed by atoms with van der Waals surface area (Å²) in [7, 11) is 0. The molecule has 56 valence electrons. The van der Waals surface area contributed by atoms with Crippen LogP contribution in [0.15, 0.2) is 11.6 Å². The van der Waals surface area contributed by atoms with Gasteiger partial charge >= 0.3 is 0 Å². The lowest BCUT2D eigenvalue weighted by molar-refractivity contribution is -0.108. The fraction of sp³-hybridized carbons (Fsp3) is 0.667. The van der Waals surface area contributed by atoms with E-state index in [4.69, 9.17) is 0 Å². The van der Waals surface area contributed by atoms with Crippen LogP contribution in [0.5, 0.6) is 0 Å². The summed E-state index contributed by atoms with van der Waals surface area (Å²) >= 11 is 0. The first kappa shape index (κ1) is 7.52. The predicted octanol–water partition coefficient (Wildman–Crippen LogP) is 2.32. The highest BCUT2D eigenvalue weighted by Crippen LogP contribution is 2.25. The van der Waals surface area contributed by atoms with Crippen molar-refractivity contribution < 1.29 is 4.79 Å². The van der Waals surface area contributed by atoms with Crippen molar-refractivity contribution in [3.63, 3.8) is 0 Å². The third-order valence-electron chi connectivity index (χ3n) is 2.25. The zero-order valence-corrected chi connectivity index (χ0v) is 6.47. The van der Waals surface area contributed by atoms with Gasteiger partial charge in [-0.05, 0) is 32.1 Å². The topological polar surface area (TPSA) is 17.1 Å². The number of carbonyl (C=O) groups excluding carboxylic acids is 1. The maximum absolute atomic E-state index is 10.2. The molecule has 1 aliphatic carbocycles. The monoisotopic (exact) mass is 138 g/mol. The molecule has 0 radical (unpaired) electrons. The van der Waals surface area contributed by atoms with Gasteiger partial charge in [-0.1, -0.05) is 11.6 Å². The van der Waals surface area contributed by atoms with E-state index in [9.17, 15) is 4.79 Å². The average Bonchev–Trinajstić information content (AvgIpc) is 1.94. The number of hydrogen-bond donors (Lipinski definition) is 0. The maximum atomic E-state index is 10.2. The van der Waals surface area contributed by atoms with E-state index in [-0.39, 0.29) is 0 Å². The second kappa shape index (κ2) is 3.55. The van der Waals surface area contributed by atoms with Crippen LogP contribution in [0.4, 0.5) is 0 Å². The molecule has 1 atom stereocenters. The van der Waals surface area contributed by atoms with Crippen molar-refractivity contribution in [1.29, 1.82) is 0 Å². The van der Waals surface area contributed by atoms with Crippen molar-refractivity contribution >= 4 is 6.29 Å². The molecular weight excluding hydrogens is 124 g/mol. The zero-order chi connectivity index (χ0) is 7.40. The van der Waals surface area contributed by atoms with Gasteiger partial charge < -0.3 is 4.79 Å². The fourth-order valence-electron chi connectivity index (χ4n) is 1.51. The third-order valence-corrected chi connectivity index (χ3v) is 2.25. The molecule has 10 heavy (non-hydrogen) atoms. The normalized spacial score (nSPS) is 25.7. The lowest BCUT2D eigenvalue weighted by atomic mass is 9.87. The lowest BCUT2D eigenvalue weighted by Crippen LogP contribution is -2.06. The Balaban J connectivity index is 2.49. The summed E-state index contributed by atoms with van der Waals surface area (Å²) < 4.78 is 0. The van der Waals surface area contributed by atoms with E-state index in [2.05, 4.69) is 13.0 Å². The molecule has 0 amide bonds. The molecule has 0 aromatic carbocycles. The molecule has 0 aromatic rings. The third kappa shape index (κ3) is 1.69. The summed E-state index contributed by atoms with van der Waals surface area (Å²) in [6.07, 6.45) is 7.70. The minimum atomic E-state index is 0.561. The summed E-state index contributed by atoms with van der Waals surface area (Å²) in [5, 5.41) is 0. The van der Waals surface area contributed by atoms with Crippen molar-refractivity contribution in [3.05, 3.63) is 11.6 Å². The van der Waals surface area contributed by atoms with Crippen LogP contribution in [0.1, 0.15) is 32.6 Å². The van der Waals surface area contributed by atoms with E-state index in [1.807, 2.05) is 0 Å². The molecule has 0 aliphatic heterocycles. The van der Waals surface area contributed by atoms with Gasteiger partial charge in [0.15, 0.2) is 0 Å². The molecule has 1 nitrogen and oxygen atoms in total. The number of rotatable bonds is 2. The van der Waals surface area contributed by atoms with Gasteiger partial charge in [-0.3, -0.25) is 0 Å². The molecule has 0 saturated heterocycles. The van der Waals surface area contributed by atoms with E-state index in [1.54, 1.807) is 0 Å². The molecule has 1 unspecified atom stereocenters. The van der Waals surface area contributed by atoms with Crippen LogP contribution in [0.2, 0.25) is 0 Å². The number of allylic oxidation sites excluding steroid dienone is 2. The molecule has 0 aromatic heterocycles. The Labute approximate surface area is 62.1 Å². The number of aldehydes is 1. The summed E-state index contributed by atoms with van der Waals surface area (Å²) in [5.41, 5.74) is 1.42. The van der Waals surface area contributed by atoms with Crippen LogP contribution in [0, 0.1) is 5.92 Å². The number of hydrogen-bond acceptors (Lipinski definition) is 1. The summed E-state index contributed by atoms with van der Waals surface area (Å²) in [5.74, 6) is 0.561. The van der Waals surface area contributed by atoms with Crippen molar-refractivity contribution in [2.24, 2.45) is 5.92 Å². The maximum Gasteiger partial charge on any atom is 0.120 e. The molecule has 0 bridgehead atoms. The largest absolute Gasteiger partial charge is 0.303 e. The SMILES string of the molecule is CC1=CCCCC1CC=O. The van der Waals surface area contributed by atoms with Crippen molar-refractivity contribution in [3.8, 4) is 0 Å². The van der Waals surface area contributed by atoms with Crippen LogP contribution in [-0.2, 0) is 4.79 Å². The Kier molecular flexibility index (Phi) is 2.67. The van der Waals surface area contributed by atoms with Gasteiger partial charge in [0.25, 0.3) is 0 Å². The predicted molar refractivity (Wildman–Crippen MR) is 41.8 cm³/mol. The van der Waals surface area contributed by atoms with Crippen LogP contribution in [0.3, 0.4) is 0 Å². The highest BCUT2D eigenvalue weighted by atomic mass is 16.1. The number of carbonyl (C=O) groups is 1. The van der Waals surface area contributed by atoms with E-state index in [1.165, 1.54) is 24.8 Å². The molecule has 0 saturated carbocycles. The van der Waals surface area contributed by atoms with E-state index in [0.29, 0.717) is 5.92 Å². The van der Waals surface area contributed by atoms with Gasteiger partial charge in [-0.25, -0.2) is 0 Å². The average molecular weight is 138 g/mol. The molecule has 0 heterocycles. The highest BCUT2D eigenvalue weighted by Gasteiger charge is 2.12. The van der Waals surface area contributed by atoms with E-state index >= 15 is 0 Å². The summed E-state index contributed by atoms with van der Waals surface area (Å²) in [4.78, 5) is 10.2. The van der Waals surface area contributed by atoms with Gasteiger partial charge in [0, 0.05) is 6.42 Å². The molecular formula is C9H14O. The minimum absolute atomic E-state index is 0.561. The highest BCUT2D eigenvalue weighted by molar-refractivity contribution is 5.50. The van der Waals surface area contributed by atoms with Gasteiger partial charge in [0.2, 0.25) is 0 Å². The quantitative estimate of drug-likeness (QED) is 0.423. The molecule has 0 N–H and O–H groups in total. The molecule has 0 spiro atoms. The van der Waals surface area contributed by atoms with E-state index in [0.717, 1.165) is 12.7 Å². The van der Waals surface area contributed by atoms with Crippen LogP contribution in [-0.4, -0.2) is 6.29 Å². The van der Waals surface area contributed by atoms with Crippen molar-refractivity contribution in [2.45, 2.75) is 32.6 Å². The first-order chi connectivity index (χ1) is 4.84. The second-order valence-electron chi connectivity index (χ2n) is 2.98. The van der Waals surface area contributed by atoms with E-state index < -0.39 is 0 Å². The van der Waals surface area contributed by atoms with Gasteiger partial charge in [0.05, 0.1) is 0 Å². The molecule has 1 rings (SSSR count). The van der Waals surface area contributed by atoms with Gasteiger partial charge in [0.1, 0.15) is 6.29 Å².